The second-order valence-electron chi connectivity index (χ2n) is 7.83. The lowest BCUT2D eigenvalue weighted by Crippen LogP contribution is -2.25. The molecule has 0 aromatic heterocycles. The van der Waals surface area contributed by atoms with Crippen molar-refractivity contribution in [2.45, 2.75) is 63.7 Å². The van der Waals surface area contributed by atoms with E-state index in [9.17, 15) is 8.78 Å². The Labute approximate surface area is 155 Å². The van der Waals surface area contributed by atoms with E-state index in [0.29, 0.717) is 17.4 Å². The van der Waals surface area contributed by atoms with Crippen molar-refractivity contribution in [3.63, 3.8) is 0 Å². The van der Waals surface area contributed by atoms with Gasteiger partial charge in [0.25, 0.3) is 0 Å². The lowest BCUT2D eigenvalue weighted by molar-refractivity contribution is 0.171. The fourth-order valence-corrected chi connectivity index (χ4v) is 5.26. The second-order valence-corrected chi connectivity index (χ2v) is 8.23. The molecule has 0 nitrogen and oxygen atoms in total. The van der Waals surface area contributed by atoms with Crippen LogP contribution in [0.15, 0.2) is 30.4 Å². The highest BCUT2D eigenvalue weighted by Gasteiger charge is 2.32. The SMILES string of the molecule is FCCC=CC1CCC(C2CCC(c3c(F)cccc3Cl)CC2)CC1. The van der Waals surface area contributed by atoms with E-state index in [2.05, 4.69) is 6.08 Å². The van der Waals surface area contributed by atoms with Gasteiger partial charge in [0.2, 0.25) is 0 Å². The Morgan fingerprint density at radius 3 is 2.20 bits per heavy atom. The van der Waals surface area contributed by atoms with Gasteiger partial charge in [-0.3, -0.25) is 4.39 Å². The molecule has 2 fully saturated rings. The maximum Gasteiger partial charge on any atom is 0.128 e. The molecule has 3 heteroatoms. The minimum Gasteiger partial charge on any atom is -0.251 e. The predicted molar refractivity (Wildman–Crippen MR) is 101 cm³/mol. The molecule has 1 aromatic rings. The van der Waals surface area contributed by atoms with Crippen LogP contribution in [0.25, 0.3) is 0 Å². The van der Waals surface area contributed by atoms with Crippen LogP contribution in [0.2, 0.25) is 5.02 Å². The van der Waals surface area contributed by atoms with Crippen molar-refractivity contribution in [3.05, 3.63) is 46.8 Å². The summed E-state index contributed by atoms with van der Waals surface area (Å²) in [6.07, 6.45) is 14.4. The molecule has 0 atom stereocenters. The van der Waals surface area contributed by atoms with Crippen LogP contribution in [-0.2, 0) is 0 Å². The zero-order valence-electron chi connectivity index (χ0n) is 14.9. The van der Waals surface area contributed by atoms with Gasteiger partial charge in [0, 0.05) is 10.6 Å². The number of allylic oxidation sites excluding steroid dienone is 2. The molecule has 1 aromatic carbocycles. The number of rotatable bonds is 5. The van der Waals surface area contributed by atoms with E-state index in [0.717, 1.165) is 30.2 Å². The van der Waals surface area contributed by atoms with Gasteiger partial charge in [-0.25, -0.2) is 4.39 Å². The van der Waals surface area contributed by atoms with E-state index in [1.807, 2.05) is 12.1 Å². The van der Waals surface area contributed by atoms with E-state index >= 15 is 0 Å². The Balaban J connectivity index is 1.49. The molecular formula is C22H29ClF2. The molecule has 0 aliphatic heterocycles. The molecule has 0 unspecified atom stereocenters. The Morgan fingerprint density at radius 2 is 1.60 bits per heavy atom. The van der Waals surface area contributed by atoms with Crippen molar-refractivity contribution in [1.29, 1.82) is 0 Å². The normalized spacial score (nSPS) is 30.7. The molecule has 2 saturated carbocycles. The van der Waals surface area contributed by atoms with Crippen molar-refractivity contribution >= 4 is 11.6 Å². The molecular weight excluding hydrogens is 338 g/mol. The fraction of sp³-hybridized carbons (Fsp3) is 0.636. The Kier molecular flexibility index (Phi) is 6.92. The predicted octanol–water partition coefficient (Wildman–Crippen LogP) is 7.48. The molecule has 3 rings (SSSR count). The monoisotopic (exact) mass is 366 g/mol. The van der Waals surface area contributed by atoms with Crippen LogP contribution in [0.4, 0.5) is 8.78 Å². The molecule has 2 aliphatic carbocycles. The van der Waals surface area contributed by atoms with Gasteiger partial charge < -0.3 is 0 Å². The summed E-state index contributed by atoms with van der Waals surface area (Å²) in [5.41, 5.74) is 0.740. The van der Waals surface area contributed by atoms with Crippen LogP contribution in [0, 0.1) is 23.6 Å². The van der Waals surface area contributed by atoms with Crippen LogP contribution in [0.3, 0.4) is 0 Å². The van der Waals surface area contributed by atoms with E-state index in [4.69, 9.17) is 11.6 Å². The average Bonchev–Trinajstić information content (AvgIpc) is 2.63. The summed E-state index contributed by atoms with van der Waals surface area (Å²) >= 11 is 6.25. The number of halogens is 3. The van der Waals surface area contributed by atoms with Crippen molar-refractivity contribution in [2.75, 3.05) is 6.67 Å². The minimum absolute atomic E-state index is 0.142. The minimum atomic E-state index is -0.249. The molecule has 0 heterocycles. The first-order chi connectivity index (χ1) is 12.2. The Morgan fingerprint density at radius 1 is 0.960 bits per heavy atom. The van der Waals surface area contributed by atoms with Crippen LogP contribution in [-0.4, -0.2) is 6.67 Å². The topological polar surface area (TPSA) is 0 Å². The summed E-state index contributed by atoms with van der Waals surface area (Å²) < 4.78 is 26.3. The first kappa shape index (κ1) is 18.9. The maximum absolute atomic E-state index is 14.1. The van der Waals surface area contributed by atoms with Crippen molar-refractivity contribution < 1.29 is 8.78 Å². The molecule has 0 radical (unpaired) electrons. The van der Waals surface area contributed by atoms with Crippen LogP contribution < -0.4 is 0 Å². The fourth-order valence-electron chi connectivity index (χ4n) is 4.94. The third-order valence-corrected chi connectivity index (χ3v) is 6.68. The zero-order valence-corrected chi connectivity index (χ0v) is 15.7. The summed E-state index contributed by atoms with van der Waals surface area (Å²) in [6, 6.07) is 5.03. The van der Waals surface area contributed by atoms with Crippen molar-refractivity contribution in [3.8, 4) is 0 Å². The number of alkyl halides is 1. The summed E-state index contributed by atoms with van der Waals surface area (Å²) in [4.78, 5) is 0. The van der Waals surface area contributed by atoms with E-state index < -0.39 is 0 Å². The summed E-state index contributed by atoms with van der Waals surface area (Å²) in [5, 5.41) is 0.587. The smallest absolute Gasteiger partial charge is 0.128 e. The molecule has 0 amide bonds. The molecule has 0 spiro atoms. The first-order valence-corrected chi connectivity index (χ1v) is 10.2. The van der Waals surface area contributed by atoms with Gasteiger partial charge in [-0.2, -0.15) is 0 Å². The molecule has 2 aliphatic rings. The highest BCUT2D eigenvalue weighted by Crippen LogP contribution is 2.45. The highest BCUT2D eigenvalue weighted by atomic mass is 35.5. The second kappa shape index (κ2) is 9.16. The molecule has 25 heavy (non-hydrogen) atoms. The van der Waals surface area contributed by atoms with Gasteiger partial charge in [-0.1, -0.05) is 29.8 Å². The van der Waals surface area contributed by atoms with Gasteiger partial charge in [0.1, 0.15) is 5.82 Å². The largest absolute Gasteiger partial charge is 0.251 e. The average molecular weight is 367 g/mol. The third kappa shape index (κ3) is 4.84. The lowest BCUT2D eigenvalue weighted by atomic mass is 9.68. The molecule has 0 N–H and O–H groups in total. The van der Waals surface area contributed by atoms with E-state index in [1.165, 1.54) is 44.6 Å². The lowest BCUT2D eigenvalue weighted by Gasteiger charge is -2.37. The van der Waals surface area contributed by atoms with Crippen LogP contribution in [0.5, 0.6) is 0 Å². The van der Waals surface area contributed by atoms with Gasteiger partial charge in [0.05, 0.1) is 6.67 Å². The Hall–Kier alpha value is -0.890. The van der Waals surface area contributed by atoms with Crippen LogP contribution in [0.1, 0.15) is 69.3 Å². The number of benzene rings is 1. The van der Waals surface area contributed by atoms with Gasteiger partial charge in [-0.15, -0.1) is 0 Å². The quantitative estimate of drug-likeness (QED) is 0.474. The van der Waals surface area contributed by atoms with Crippen molar-refractivity contribution in [1.82, 2.24) is 0 Å². The Bertz CT molecular complexity index is 547. The highest BCUT2D eigenvalue weighted by molar-refractivity contribution is 6.31. The number of hydrogen-bond donors (Lipinski definition) is 0. The van der Waals surface area contributed by atoms with E-state index in [1.54, 1.807) is 6.07 Å². The van der Waals surface area contributed by atoms with Gasteiger partial charge >= 0.3 is 0 Å². The van der Waals surface area contributed by atoms with Gasteiger partial charge in [-0.05, 0) is 93.6 Å². The summed E-state index contributed by atoms with van der Waals surface area (Å²) in [5.74, 6) is 2.40. The molecule has 0 saturated heterocycles. The standard InChI is InChI=1S/C22H29ClF2/c23-20-5-3-6-21(25)22(20)19-13-11-18(12-14-19)17-9-7-16(8-10-17)4-1-2-15-24/h1,3-6,16-19H,2,7-15H2. The third-order valence-electron chi connectivity index (χ3n) is 6.35. The first-order valence-electron chi connectivity index (χ1n) is 9.85. The molecule has 138 valence electrons. The molecule has 0 bridgehead atoms. The summed E-state index contributed by atoms with van der Waals surface area (Å²) in [7, 11) is 0. The van der Waals surface area contributed by atoms with Gasteiger partial charge in [0.15, 0.2) is 0 Å². The maximum atomic E-state index is 14.1. The van der Waals surface area contributed by atoms with Crippen molar-refractivity contribution in [2.24, 2.45) is 17.8 Å². The zero-order chi connectivity index (χ0) is 17.6. The van der Waals surface area contributed by atoms with E-state index in [-0.39, 0.29) is 18.4 Å². The summed E-state index contributed by atoms with van der Waals surface area (Å²) in [6.45, 7) is -0.249. The van der Waals surface area contributed by atoms with Crippen LogP contribution >= 0.6 is 11.6 Å². The number of hydrogen-bond acceptors (Lipinski definition) is 0.